The van der Waals surface area contributed by atoms with Crippen molar-refractivity contribution in [2.24, 2.45) is 5.92 Å². The fourth-order valence-electron chi connectivity index (χ4n) is 3.01. The topological polar surface area (TPSA) is 76.1 Å². The molecule has 0 aromatic carbocycles. The predicted octanol–water partition coefficient (Wildman–Crippen LogP) is 2.27. The zero-order valence-corrected chi connectivity index (χ0v) is 13.1. The number of rotatable bonds is 1. The van der Waals surface area contributed by atoms with Crippen LogP contribution in [0.4, 0.5) is 4.79 Å². The highest BCUT2D eigenvalue weighted by atomic mass is 16.6. The highest BCUT2D eigenvalue weighted by Crippen LogP contribution is 2.37. The van der Waals surface area contributed by atoms with Gasteiger partial charge in [0, 0.05) is 19.7 Å². The molecule has 120 valence electrons. The molecule has 0 aromatic heterocycles. The lowest BCUT2D eigenvalue weighted by atomic mass is 9.79. The SMILES string of the molecule is CC(C)(C)OC(=O)N1CCC2(CC1)CC(C(=O)O)CCO2. The molecule has 0 aromatic rings. The summed E-state index contributed by atoms with van der Waals surface area (Å²) in [5, 5.41) is 9.18. The molecule has 1 atom stereocenters. The minimum atomic E-state index is -0.743. The Morgan fingerprint density at radius 3 is 2.43 bits per heavy atom. The average Bonchev–Trinajstić information content (AvgIpc) is 2.37. The first-order chi connectivity index (χ1) is 9.71. The van der Waals surface area contributed by atoms with Crippen molar-refractivity contribution in [3.63, 3.8) is 0 Å². The summed E-state index contributed by atoms with van der Waals surface area (Å²) in [5.74, 6) is -1.07. The summed E-state index contributed by atoms with van der Waals surface area (Å²) in [7, 11) is 0. The number of aliphatic carboxylic acids is 1. The van der Waals surface area contributed by atoms with Gasteiger partial charge in [-0.05, 0) is 46.5 Å². The third kappa shape index (κ3) is 4.09. The third-order valence-electron chi connectivity index (χ3n) is 4.17. The second-order valence-electron chi connectivity index (χ2n) is 7.03. The fourth-order valence-corrected chi connectivity index (χ4v) is 3.01. The summed E-state index contributed by atoms with van der Waals surface area (Å²) < 4.78 is 11.2. The maximum atomic E-state index is 12.0. The van der Waals surface area contributed by atoms with Crippen LogP contribution in [-0.2, 0) is 14.3 Å². The summed E-state index contributed by atoms with van der Waals surface area (Å²) in [4.78, 5) is 24.9. The van der Waals surface area contributed by atoms with Gasteiger partial charge in [0.2, 0.25) is 0 Å². The Bertz CT molecular complexity index is 407. The number of ether oxygens (including phenoxy) is 2. The Hall–Kier alpha value is -1.30. The zero-order valence-electron chi connectivity index (χ0n) is 13.1. The van der Waals surface area contributed by atoms with E-state index in [1.54, 1.807) is 4.90 Å². The standard InChI is InChI=1S/C15H25NO5/c1-14(2,3)21-13(19)16-7-5-15(6-8-16)10-11(12(17)18)4-9-20-15/h11H,4-10H2,1-3H3,(H,17,18). The van der Waals surface area contributed by atoms with E-state index in [4.69, 9.17) is 9.47 Å². The molecule has 21 heavy (non-hydrogen) atoms. The van der Waals surface area contributed by atoms with Crippen molar-refractivity contribution >= 4 is 12.1 Å². The molecular formula is C15H25NO5. The van der Waals surface area contributed by atoms with Crippen LogP contribution in [0, 0.1) is 5.92 Å². The molecular weight excluding hydrogens is 274 g/mol. The molecule has 1 N–H and O–H groups in total. The maximum absolute atomic E-state index is 12.0. The van der Waals surface area contributed by atoms with Crippen LogP contribution in [0.15, 0.2) is 0 Å². The number of likely N-dealkylation sites (tertiary alicyclic amines) is 1. The number of hydrogen-bond acceptors (Lipinski definition) is 4. The van der Waals surface area contributed by atoms with Crippen molar-refractivity contribution in [1.82, 2.24) is 4.90 Å². The molecule has 1 unspecified atom stereocenters. The van der Waals surface area contributed by atoms with Crippen molar-refractivity contribution in [3.05, 3.63) is 0 Å². The molecule has 1 amide bonds. The lowest BCUT2D eigenvalue weighted by molar-refractivity contribution is -0.160. The highest BCUT2D eigenvalue weighted by Gasteiger charge is 2.43. The lowest BCUT2D eigenvalue weighted by Gasteiger charge is -2.45. The van der Waals surface area contributed by atoms with Crippen LogP contribution in [0.25, 0.3) is 0 Å². The average molecular weight is 299 g/mol. The summed E-state index contributed by atoms with van der Waals surface area (Å²) in [5.41, 5.74) is -0.873. The van der Waals surface area contributed by atoms with Crippen LogP contribution < -0.4 is 0 Å². The molecule has 2 heterocycles. The molecule has 2 aliphatic heterocycles. The quantitative estimate of drug-likeness (QED) is 0.803. The third-order valence-corrected chi connectivity index (χ3v) is 4.17. The van der Waals surface area contributed by atoms with Crippen LogP contribution in [0.2, 0.25) is 0 Å². The second-order valence-corrected chi connectivity index (χ2v) is 7.03. The molecule has 0 aliphatic carbocycles. The Morgan fingerprint density at radius 1 is 1.29 bits per heavy atom. The highest BCUT2D eigenvalue weighted by molar-refractivity contribution is 5.70. The van der Waals surface area contributed by atoms with Crippen LogP contribution in [0.5, 0.6) is 0 Å². The van der Waals surface area contributed by atoms with Crippen LogP contribution >= 0.6 is 0 Å². The van der Waals surface area contributed by atoms with Gasteiger partial charge in [-0.3, -0.25) is 4.79 Å². The number of nitrogens with zero attached hydrogens (tertiary/aromatic N) is 1. The van der Waals surface area contributed by atoms with Crippen LogP contribution in [0.1, 0.15) is 46.5 Å². The molecule has 2 aliphatic rings. The van der Waals surface area contributed by atoms with Crippen molar-refractivity contribution in [3.8, 4) is 0 Å². The number of carbonyl (C=O) groups excluding carboxylic acids is 1. The van der Waals surface area contributed by atoms with E-state index in [0.29, 0.717) is 45.4 Å². The number of piperidine rings is 1. The van der Waals surface area contributed by atoms with Crippen molar-refractivity contribution in [1.29, 1.82) is 0 Å². The number of carboxylic acids is 1. The Kier molecular flexibility index (Phi) is 4.46. The minimum Gasteiger partial charge on any atom is -0.481 e. The van der Waals surface area contributed by atoms with Crippen molar-refractivity contribution < 1.29 is 24.2 Å². The van der Waals surface area contributed by atoms with Gasteiger partial charge in [0.05, 0.1) is 11.5 Å². The van der Waals surface area contributed by atoms with Gasteiger partial charge in [-0.15, -0.1) is 0 Å². The fraction of sp³-hybridized carbons (Fsp3) is 0.867. The van der Waals surface area contributed by atoms with Gasteiger partial charge in [-0.2, -0.15) is 0 Å². The maximum Gasteiger partial charge on any atom is 0.410 e. The molecule has 1 spiro atoms. The Morgan fingerprint density at radius 2 is 1.90 bits per heavy atom. The van der Waals surface area contributed by atoms with Gasteiger partial charge in [-0.25, -0.2) is 4.79 Å². The Labute approximate surface area is 125 Å². The van der Waals surface area contributed by atoms with E-state index in [9.17, 15) is 14.7 Å². The van der Waals surface area contributed by atoms with E-state index in [1.165, 1.54) is 0 Å². The van der Waals surface area contributed by atoms with E-state index in [0.717, 1.165) is 0 Å². The summed E-state index contributed by atoms with van der Waals surface area (Å²) in [6.07, 6.45) is 2.17. The molecule has 2 rings (SSSR count). The van der Waals surface area contributed by atoms with Gasteiger partial charge in [0.1, 0.15) is 5.60 Å². The monoisotopic (exact) mass is 299 g/mol. The van der Waals surface area contributed by atoms with E-state index in [2.05, 4.69) is 0 Å². The molecule has 0 saturated carbocycles. The van der Waals surface area contributed by atoms with Gasteiger partial charge in [-0.1, -0.05) is 0 Å². The minimum absolute atomic E-state index is 0.303. The first kappa shape index (κ1) is 16.1. The normalized spacial score (nSPS) is 25.7. The lowest BCUT2D eigenvalue weighted by Crippen LogP contribution is -2.52. The number of carboxylic acid groups (broad SMARTS) is 1. The largest absolute Gasteiger partial charge is 0.481 e. The van der Waals surface area contributed by atoms with E-state index in [-0.39, 0.29) is 17.6 Å². The van der Waals surface area contributed by atoms with Gasteiger partial charge < -0.3 is 19.5 Å². The summed E-state index contributed by atoms with van der Waals surface area (Å²) in [6.45, 7) is 7.14. The van der Waals surface area contributed by atoms with Crippen LogP contribution in [0.3, 0.4) is 0 Å². The predicted molar refractivity (Wildman–Crippen MR) is 76.1 cm³/mol. The summed E-state index contributed by atoms with van der Waals surface area (Å²) in [6, 6.07) is 0. The summed E-state index contributed by atoms with van der Waals surface area (Å²) >= 11 is 0. The van der Waals surface area contributed by atoms with Gasteiger partial charge in [0.15, 0.2) is 0 Å². The number of carbonyl (C=O) groups is 2. The van der Waals surface area contributed by atoms with Crippen LogP contribution in [-0.4, -0.2) is 53.0 Å². The first-order valence-electron chi connectivity index (χ1n) is 7.55. The molecule has 6 heteroatoms. The molecule has 2 saturated heterocycles. The van der Waals surface area contributed by atoms with E-state index < -0.39 is 11.6 Å². The van der Waals surface area contributed by atoms with Crippen molar-refractivity contribution in [2.75, 3.05) is 19.7 Å². The van der Waals surface area contributed by atoms with E-state index >= 15 is 0 Å². The smallest absolute Gasteiger partial charge is 0.410 e. The molecule has 6 nitrogen and oxygen atoms in total. The Balaban J connectivity index is 1.90. The number of amides is 1. The zero-order chi connectivity index (χ0) is 15.7. The molecule has 0 bridgehead atoms. The molecule has 0 radical (unpaired) electrons. The van der Waals surface area contributed by atoms with Gasteiger partial charge >= 0.3 is 12.1 Å². The molecule has 2 fully saturated rings. The second kappa shape index (κ2) is 5.83. The number of hydrogen-bond donors (Lipinski definition) is 1. The first-order valence-corrected chi connectivity index (χ1v) is 7.55. The van der Waals surface area contributed by atoms with Crippen molar-refractivity contribution in [2.45, 2.75) is 57.7 Å². The van der Waals surface area contributed by atoms with Gasteiger partial charge in [0.25, 0.3) is 0 Å². The van der Waals surface area contributed by atoms with E-state index in [1.807, 2.05) is 20.8 Å².